The maximum atomic E-state index is 12.1. The van der Waals surface area contributed by atoms with Crippen molar-refractivity contribution in [3.05, 3.63) is 50.7 Å². The van der Waals surface area contributed by atoms with Crippen LogP contribution in [0.25, 0.3) is 0 Å². The molecule has 0 saturated heterocycles. The van der Waals surface area contributed by atoms with Crippen LogP contribution in [0.3, 0.4) is 0 Å². The van der Waals surface area contributed by atoms with Crippen molar-refractivity contribution in [2.75, 3.05) is 0 Å². The molecular weight excluding hydrogens is 327 g/mol. The molecule has 1 aromatic heterocycles. The number of rotatable bonds is 0. The Labute approximate surface area is 114 Å². The van der Waals surface area contributed by atoms with Gasteiger partial charge in [0.1, 0.15) is 5.69 Å². The van der Waals surface area contributed by atoms with Crippen LogP contribution < -0.4 is 0 Å². The third-order valence-electron chi connectivity index (χ3n) is 3.42. The van der Waals surface area contributed by atoms with Crippen LogP contribution in [0.5, 0.6) is 0 Å². The Morgan fingerprint density at radius 1 is 1.53 bits per heavy atom. The lowest BCUT2D eigenvalue weighted by atomic mass is 9.89. The molecule has 1 aromatic rings. The average molecular weight is 340 g/mol. The van der Waals surface area contributed by atoms with Crippen LogP contribution in [0, 0.1) is 14.7 Å². The topological polar surface area (TPSA) is 31.0 Å². The van der Waals surface area contributed by atoms with E-state index in [-0.39, 0.29) is 5.92 Å². The lowest BCUT2D eigenvalue weighted by Crippen LogP contribution is -2.19. The minimum atomic E-state index is 0.273. The summed E-state index contributed by atoms with van der Waals surface area (Å²) in [5.74, 6) is 0.273. The SMILES string of the molecule is C=C1CC=C2[C@@H](C1)Cn1ccc(I)c1C=[N+]2[O-]. The number of fused-ring (bicyclic) bond motifs is 2. The van der Waals surface area contributed by atoms with Gasteiger partial charge in [-0.3, -0.25) is 0 Å². The standard InChI is InChI=1S/C13H13IN2O/c1-9-2-3-12-10(6-9)7-15-5-4-11(14)13(15)8-16(12)17/h3-5,8,10H,1-2,6-7H2/t10-/m0/s1. The molecule has 0 N–H and O–H groups in total. The van der Waals surface area contributed by atoms with E-state index in [1.165, 1.54) is 5.57 Å². The molecule has 0 unspecified atom stereocenters. The summed E-state index contributed by atoms with van der Waals surface area (Å²) in [5.41, 5.74) is 3.14. The second-order valence-corrected chi connectivity index (χ2v) is 5.80. The summed E-state index contributed by atoms with van der Waals surface area (Å²) in [5, 5.41) is 12.1. The predicted octanol–water partition coefficient (Wildman–Crippen LogP) is 2.89. The molecular formula is C13H13IN2O. The van der Waals surface area contributed by atoms with Crippen molar-refractivity contribution < 1.29 is 4.74 Å². The first-order valence-corrected chi connectivity index (χ1v) is 6.75. The van der Waals surface area contributed by atoms with Gasteiger partial charge in [0.05, 0.1) is 5.92 Å². The van der Waals surface area contributed by atoms with E-state index < -0.39 is 0 Å². The molecule has 0 spiro atoms. The maximum absolute atomic E-state index is 12.1. The molecule has 0 saturated carbocycles. The Hall–Kier alpha value is -1.04. The van der Waals surface area contributed by atoms with Gasteiger partial charge in [0.15, 0.2) is 5.70 Å². The number of hydroxylamine groups is 1. The number of nitrogens with zero attached hydrogens (tertiary/aromatic N) is 2. The lowest BCUT2D eigenvalue weighted by Gasteiger charge is -2.21. The van der Waals surface area contributed by atoms with Gasteiger partial charge in [-0.15, -0.1) is 0 Å². The van der Waals surface area contributed by atoms with Crippen molar-refractivity contribution in [2.24, 2.45) is 5.92 Å². The fourth-order valence-electron chi connectivity index (χ4n) is 2.56. The fraction of sp³-hybridized carbons (Fsp3) is 0.308. The van der Waals surface area contributed by atoms with Gasteiger partial charge in [-0.25, -0.2) is 0 Å². The van der Waals surface area contributed by atoms with Gasteiger partial charge in [0, 0.05) is 16.3 Å². The Balaban J connectivity index is 2.11. The molecule has 3 nitrogen and oxygen atoms in total. The minimum absolute atomic E-state index is 0.273. The van der Waals surface area contributed by atoms with Crippen LogP contribution in [-0.2, 0) is 6.54 Å². The molecule has 0 aromatic carbocycles. The highest BCUT2D eigenvalue weighted by atomic mass is 127. The first kappa shape index (κ1) is 11.1. The van der Waals surface area contributed by atoms with Gasteiger partial charge in [0.2, 0.25) is 6.21 Å². The van der Waals surface area contributed by atoms with E-state index in [1.807, 2.05) is 12.1 Å². The van der Waals surface area contributed by atoms with Crippen LogP contribution in [0.2, 0.25) is 0 Å². The molecule has 2 heterocycles. The van der Waals surface area contributed by atoms with Crippen molar-refractivity contribution in [2.45, 2.75) is 19.4 Å². The van der Waals surface area contributed by atoms with E-state index in [2.05, 4.69) is 39.9 Å². The van der Waals surface area contributed by atoms with Crippen LogP contribution in [0.15, 0.2) is 36.2 Å². The van der Waals surface area contributed by atoms with Gasteiger partial charge in [-0.05, 0) is 47.6 Å². The lowest BCUT2D eigenvalue weighted by molar-refractivity contribution is -0.405. The third-order valence-corrected chi connectivity index (χ3v) is 4.33. The smallest absolute Gasteiger partial charge is 0.205 e. The number of hydrogen-bond acceptors (Lipinski definition) is 1. The maximum Gasteiger partial charge on any atom is 0.205 e. The Kier molecular flexibility index (Phi) is 2.61. The highest BCUT2D eigenvalue weighted by Gasteiger charge is 2.30. The minimum Gasteiger partial charge on any atom is -0.618 e. The largest absolute Gasteiger partial charge is 0.618 e. The summed E-state index contributed by atoms with van der Waals surface area (Å²) in [4.78, 5) is 0. The van der Waals surface area contributed by atoms with E-state index in [0.29, 0.717) is 0 Å². The van der Waals surface area contributed by atoms with Gasteiger partial charge in [0.25, 0.3) is 0 Å². The van der Waals surface area contributed by atoms with Crippen molar-refractivity contribution in [1.82, 2.24) is 4.57 Å². The van der Waals surface area contributed by atoms with Crippen LogP contribution in [0.1, 0.15) is 18.5 Å². The van der Waals surface area contributed by atoms with E-state index >= 15 is 0 Å². The monoisotopic (exact) mass is 340 g/mol. The summed E-state index contributed by atoms with van der Waals surface area (Å²) in [6.07, 6.45) is 7.54. The fourth-order valence-corrected chi connectivity index (χ4v) is 3.17. The number of hydrogen-bond donors (Lipinski definition) is 0. The van der Waals surface area contributed by atoms with Crippen molar-refractivity contribution in [1.29, 1.82) is 0 Å². The molecule has 88 valence electrons. The van der Waals surface area contributed by atoms with Crippen molar-refractivity contribution in [3.63, 3.8) is 0 Å². The molecule has 3 rings (SSSR count). The van der Waals surface area contributed by atoms with Crippen molar-refractivity contribution >= 4 is 28.8 Å². The molecule has 0 radical (unpaired) electrons. The second-order valence-electron chi connectivity index (χ2n) is 4.64. The quantitative estimate of drug-likeness (QED) is 0.309. The first-order valence-electron chi connectivity index (χ1n) is 5.67. The molecule has 4 heteroatoms. The Bertz CT molecular complexity index is 554. The molecule has 0 bridgehead atoms. The molecule has 0 amide bonds. The van der Waals surface area contributed by atoms with E-state index in [4.69, 9.17) is 0 Å². The zero-order valence-electron chi connectivity index (χ0n) is 9.40. The third kappa shape index (κ3) is 1.84. The Morgan fingerprint density at radius 3 is 3.18 bits per heavy atom. The highest BCUT2D eigenvalue weighted by molar-refractivity contribution is 14.1. The second kappa shape index (κ2) is 4.01. The predicted molar refractivity (Wildman–Crippen MR) is 75.9 cm³/mol. The van der Waals surface area contributed by atoms with E-state index in [1.54, 1.807) is 6.21 Å². The number of halogens is 1. The summed E-state index contributed by atoms with van der Waals surface area (Å²) >= 11 is 2.27. The zero-order valence-corrected chi connectivity index (χ0v) is 11.6. The van der Waals surface area contributed by atoms with E-state index in [9.17, 15) is 5.21 Å². The number of allylic oxidation sites excluding steroid dienone is 3. The average Bonchev–Trinajstić information content (AvgIpc) is 2.56. The molecule has 1 atom stereocenters. The van der Waals surface area contributed by atoms with Crippen molar-refractivity contribution in [3.8, 4) is 0 Å². The number of aromatic nitrogens is 1. The summed E-state index contributed by atoms with van der Waals surface area (Å²) in [6.45, 7) is 4.91. The van der Waals surface area contributed by atoms with Crippen LogP contribution >= 0.6 is 22.6 Å². The molecule has 17 heavy (non-hydrogen) atoms. The van der Waals surface area contributed by atoms with Gasteiger partial charge < -0.3 is 9.77 Å². The van der Waals surface area contributed by atoms with E-state index in [0.717, 1.165) is 39.1 Å². The molecule has 2 aliphatic rings. The molecule has 0 fully saturated rings. The highest BCUT2D eigenvalue weighted by Crippen LogP contribution is 2.32. The summed E-state index contributed by atoms with van der Waals surface area (Å²) in [6, 6.07) is 2.05. The first-order chi connectivity index (χ1) is 8.15. The van der Waals surface area contributed by atoms with Crippen LogP contribution in [0.4, 0.5) is 0 Å². The van der Waals surface area contributed by atoms with Gasteiger partial charge in [-0.1, -0.05) is 12.2 Å². The van der Waals surface area contributed by atoms with Crippen LogP contribution in [-0.4, -0.2) is 15.5 Å². The zero-order chi connectivity index (χ0) is 12.0. The molecule has 1 aliphatic heterocycles. The Morgan fingerprint density at radius 2 is 2.35 bits per heavy atom. The summed E-state index contributed by atoms with van der Waals surface area (Å²) in [7, 11) is 0. The van der Waals surface area contributed by atoms with Gasteiger partial charge >= 0.3 is 0 Å². The van der Waals surface area contributed by atoms with Gasteiger partial charge in [-0.2, -0.15) is 4.74 Å². The molecule has 1 aliphatic carbocycles. The summed E-state index contributed by atoms with van der Waals surface area (Å²) < 4.78 is 4.33. The normalized spacial score (nSPS) is 23.4.